The third-order valence-electron chi connectivity index (χ3n) is 5.20. The van der Waals surface area contributed by atoms with Gasteiger partial charge in [0.05, 0.1) is 11.2 Å². The summed E-state index contributed by atoms with van der Waals surface area (Å²) in [5, 5.41) is 0.719. The van der Waals surface area contributed by atoms with Crippen LogP contribution in [0.3, 0.4) is 0 Å². The molecular weight excluding hydrogens is 270 g/mol. The SMILES string of the molecule is CC1(c2ccc(Cl)c(B3OC(C)(C)C(C)(C)O3)c2)CC1. The number of hydrogen-bond donors (Lipinski definition) is 0. The van der Waals surface area contributed by atoms with Crippen molar-refractivity contribution in [3.8, 4) is 0 Å². The van der Waals surface area contributed by atoms with Crippen molar-refractivity contribution in [1.82, 2.24) is 0 Å². The van der Waals surface area contributed by atoms with E-state index in [-0.39, 0.29) is 18.3 Å². The topological polar surface area (TPSA) is 18.5 Å². The number of halogens is 1. The van der Waals surface area contributed by atoms with Crippen molar-refractivity contribution in [3.05, 3.63) is 28.8 Å². The van der Waals surface area contributed by atoms with E-state index in [1.165, 1.54) is 18.4 Å². The van der Waals surface area contributed by atoms with Gasteiger partial charge in [-0.05, 0) is 57.6 Å². The van der Waals surface area contributed by atoms with E-state index < -0.39 is 0 Å². The lowest BCUT2D eigenvalue weighted by atomic mass is 9.77. The zero-order valence-corrected chi connectivity index (χ0v) is 13.7. The van der Waals surface area contributed by atoms with Crippen molar-refractivity contribution in [1.29, 1.82) is 0 Å². The normalized spacial score (nSPS) is 25.8. The smallest absolute Gasteiger partial charge is 0.399 e. The van der Waals surface area contributed by atoms with Crippen molar-refractivity contribution >= 4 is 24.2 Å². The molecule has 0 radical (unpaired) electrons. The highest BCUT2D eigenvalue weighted by atomic mass is 35.5. The predicted octanol–water partition coefficient (Wildman–Crippen LogP) is 3.69. The van der Waals surface area contributed by atoms with Crippen molar-refractivity contribution in [3.63, 3.8) is 0 Å². The van der Waals surface area contributed by atoms with E-state index in [1.807, 2.05) is 6.07 Å². The average molecular weight is 293 g/mol. The van der Waals surface area contributed by atoms with E-state index in [0.717, 1.165) is 10.5 Å². The zero-order chi connectivity index (χ0) is 14.8. The van der Waals surface area contributed by atoms with Crippen LogP contribution in [0.5, 0.6) is 0 Å². The summed E-state index contributed by atoms with van der Waals surface area (Å²) in [5.41, 5.74) is 1.95. The lowest BCUT2D eigenvalue weighted by Crippen LogP contribution is -2.41. The molecule has 2 nitrogen and oxygen atoms in total. The van der Waals surface area contributed by atoms with Gasteiger partial charge in [0.1, 0.15) is 0 Å². The Balaban J connectivity index is 1.95. The molecule has 0 spiro atoms. The maximum atomic E-state index is 6.37. The molecular formula is C16H22BClO2. The van der Waals surface area contributed by atoms with Gasteiger partial charge >= 0.3 is 7.12 Å². The summed E-state index contributed by atoms with van der Waals surface area (Å²) in [6.07, 6.45) is 2.49. The van der Waals surface area contributed by atoms with Crippen LogP contribution in [-0.2, 0) is 14.7 Å². The monoisotopic (exact) mass is 292 g/mol. The Morgan fingerprint density at radius 1 is 1.00 bits per heavy atom. The highest BCUT2D eigenvalue weighted by Crippen LogP contribution is 2.47. The van der Waals surface area contributed by atoms with E-state index in [9.17, 15) is 0 Å². The lowest BCUT2D eigenvalue weighted by molar-refractivity contribution is 0.00578. The summed E-state index contributed by atoms with van der Waals surface area (Å²) in [5.74, 6) is 0. The van der Waals surface area contributed by atoms with E-state index in [1.54, 1.807) is 0 Å². The van der Waals surface area contributed by atoms with Crippen LogP contribution < -0.4 is 5.46 Å². The fraction of sp³-hybridized carbons (Fsp3) is 0.625. The number of benzene rings is 1. The molecule has 1 saturated heterocycles. The van der Waals surface area contributed by atoms with E-state index in [2.05, 4.69) is 46.8 Å². The molecule has 0 amide bonds. The van der Waals surface area contributed by atoms with Crippen LogP contribution in [0.25, 0.3) is 0 Å². The minimum absolute atomic E-state index is 0.322. The van der Waals surface area contributed by atoms with Crippen LogP contribution in [-0.4, -0.2) is 18.3 Å². The summed E-state index contributed by atoms with van der Waals surface area (Å²) in [7, 11) is -0.380. The van der Waals surface area contributed by atoms with Gasteiger partial charge in [-0.3, -0.25) is 0 Å². The minimum Gasteiger partial charge on any atom is -0.399 e. The second kappa shape index (κ2) is 4.25. The summed E-state index contributed by atoms with van der Waals surface area (Å²) in [6.45, 7) is 10.5. The quantitative estimate of drug-likeness (QED) is 0.774. The third kappa shape index (κ3) is 2.20. The summed E-state index contributed by atoms with van der Waals surface area (Å²) >= 11 is 6.37. The van der Waals surface area contributed by atoms with Crippen LogP contribution >= 0.6 is 11.6 Å². The summed E-state index contributed by atoms with van der Waals surface area (Å²) in [6, 6.07) is 6.27. The highest BCUT2D eigenvalue weighted by molar-refractivity contribution is 6.65. The molecule has 2 aliphatic rings. The molecule has 108 valence electrons. The molecule has 1 heterocycles. The molecule has 0 bridgehead atoms. The Morgan fingerprint density at radius 3 is 2.05 bits per heavy atom. The highest BCUT2D eigenvalue weighted by Gasteiger charge is 2.52. The molecule has 0 unspecified atom stereocenters. The molecule has 1 aliphatic heterocycles. The second-order valence-corrected chi connectivity index (χ2v) is 7.79. The molecule has 2 fully saturated rings. The van der Waals surface area contributed by atoms with Gasteiger partial charge in [-0.25, -0.2) is 0 Å². The first-order valence-electron chi connectivity index (χ1n) is 7.30. The number of rotatable bonds is 2. The first-order chi connectivity index (χ1) is 9.15. The Morgan fingerprint density at radius 2 is 1.55 bits per heavy atom. The Labute approximate surface area is 126 Å². The molecule has 1 saturated carbocycles. The molecule has 1 aromatic carbocycles. The Hall–Kier alpha value is -0.505. The van der Waals surface area contributed by atoms with Crippen LogP contribution in [0.1, 0.15) is 53.0 Å². The fourth-order valence-electron chi connectivity index (χ4n) is 2.55. The molecule has 0 atom stereocenters. The molecule has 0 aromatic heterocycles. The second-order valence-electron chi connectivity index (χ2n) is 7.39. The fourth-order valence-corrected chi connectivity index (χ4v) is 2.75. The van der Waals surface area contributed by atoms with Gasteiger partial charge in [0.15, 0.2) is 0 Å². The largest absolute Gasteiger partial charge is 0.496 e. The first-order valence-corrected chi connectivity index (χ1v) is 7.68. The van der Waals surface area contributed by atoms with Gasteiger partial charge in [0.2, 0.25) is 0 Å². The maximum Gasteiger partial charge on any atom is 0.496 e. The van der Waals surface area contributed by atoms with E-state index in [4.69, 9.17) is 20.9 Å². The Bertz CT molecular complexity index is 533. The van der Waals surface area contributed by atoms with Crippen molar-refractivity contribution in [2.24, 2.45) is 0 Å². The van der Waals surface area contributed by atoms with Crippen molar-refractivity contribution < 1.29 is 9.31 Å². The predicted molar refractivity (Wildman–Crippen MR) is 83.8 cm³/mol. The number of hydrogen-bond acceptors (Lipinski definition) is 2. The van der Waals surface area contributed by atoms with Crippen LogP contribution in [0.15, 0.2) is 18.2 Å². The average Bonchev–Trinajstić information content (AvgIpc) is 3.02. The molecule has 20 heavy (non-hydrogen) atoms. The molecule has 1 aromatic rings. The summed E-state index contributed by atoms with van der Waals surface area (Å²) < 4.78 is 12.2. The zero-order valence-electron chi connectivity index (χ0n) is 12.9. The van der Waals surface area contributed by atoms with Gasteiger partial charge in [-0.2, -0.15) is 0 Å². The van der Waals surface area contributed by atoms with Crippen LogP contribution in [0.2, 0.25) is 5.02 Å². The van der Waals surface area contributed by atoms with Gasteiger partial charge in [-0.15, -0.1) is 0 Å². The van der Waals surface area contributed by atoms with E-state index in [0.29, 0.717) is 5.41 Å². The third-order valence-corrected chi connectivity index (χ3v) is 5.54. The molecule has 1 aliphatic carbocycles. The summed E-state index contributed by atoms with van der Waals surface area (Å²) in [4.78, 5) is 0. The standard InChI is InChI=1S/C16H22BClO2/c1-14(2)15(3,4)20-17(19-14)12-10-11(6-7-13(12)18)16(5)8-9-16/h6-7,10H,8-9H2,1-5H3. The van der Waals surface area contributed by atoms with Gasteiger partial charge in [-0.1, -0.05) is 30.7 Å². The van der Waals surface area contributed by atoms with Crippen molar-refractivity contribution in [2.45, 2.75) is 64.1 Å². The molecule has 3 rings (SSSR count). The van der Waals surface area contributed by atoms with E-state index >= 15 is 0 Å². The van der Waals surface area contributed by atoms with Gasteiger partial charge in [0, 0.05) is 10.5 Å². The molecule has 0 N–H and O–H groups in total. The minimum atomic E-state index is -0.380. The Kier molecular flexibility index (Phi) is 3.07. The van der Waals surface area contributed by atoms with Gasteiger partial charge < -0.3 is 9.31 Å². The van der Waals surface area contributed by atoms with Gasteiger partial charge in [0.25, 0.3) is 0 Å². The van der Waals surface area contributed by atoms with Crippen molar-refractivity contribution in [2.75, 3.05) is 0 Å². The maximum absolute atomic E-state index is 6.37. The van der Waals surface area contributed by atoms with Crippen LogP contribution in [0, 0.1) is 0 Å². The first kappa shape index (κ1) is 14.4. The van der Waals surface area contributed by atoms with Crippen LogP contribution in [0.4, 0.5) is 0 Å². The molecule has 4 heteroatoms. The lowest BCUT2D eigenvalue weighted by Gasteiger charge is -2.32.